The van der Waals surface area contributed by atoms with Crippen LogP contribution in [0, 0.1) is 17.3 Å². The molecule has 5 aliphatic carbocycles. The lowest BCUT2D eigenvalue weighted by atomic mass is 9.35. The standard InChI is InChI=1S/C27H37N3O5/c1-34-27-7-6-25(11-17(27)12-29-23(33)18(28)14-31)20-10-16-4-5-19(32)22-21(16)26(25,24(27)35-22)8-9-30(20)13-15-2-3-15/h4-5,15,17-18,20,24,31-32H,2-3,6-14,28H2,1H3,(H,29,33)/t17-,18+,20-,24?,25-,26+,27?/m1/s1. The van der Waals surface area contributed by atoms with Crippen LogP contribution in [-0.2, 0) is 21.4 Å². The Morgan fingerprint density at radius 1 is 1.34 bits per heavy atom. The van der Waals surface area contributed by atoms with E-state index in [4.69, 9.17) is 15.2 Å². The number of rotatable bonds is 7. The molecule has 2 heterocycles. The SMILES string of the molecule is COC12CC[C@@]3(C[C@@H]1CNC(=O)[C@@H](N)CO)[C@H]1Cc4ccc(O)c5c4[C@@]3(CCN1CC1CC1)C2O5. The molecule has 2 unspecified atom stereocenters. The van der Waals surface area contributed by atoms with Gasteiger partial charge in [-0.1, -0.05) is 6.07 Å². The molecule has 8 heteroatoms. The minimum Gasteiger partial charge on any atom is -0.504 e. The zero-order chi connectivity index (χ0) is 24.2. The summed E-state index contributed by atoms with van der Waals surface area (Å²) in [6.07, 6.45) is 7.40. The van der Waals surface area contributed by atoms with E-state index in [1.54, 1.807) is 13.2 Å². The van der Waals surface area contributed by atoms with Gasteiger partial charge in [0.2, 0.25) is 5.91 Å². The highest BCUT2D eigenvalue weighted by Crippen LogP contribution is 2.76. The molecule has 7 aliphatic rings. The van der Waals surface area contributed by atoms with Gasteiger partial charge in [-0.2, -0.15) is 0 Å². The molecule has 4 saturated carbocycles. The number of carbonyl (C=O) groups is 1. The molecule has 5 N–H and O–H groups in total. The van der Waals surface area contributed by atoms with Crippen LogP contribution in [0.4, 0.5) is 0 Å². The number of hydrogen-bond acceptors (Lipinski definition) is 7. The largest absolute Gasteiger partial charge is 0.504 e. The maximum absolute atomic E-state index is 12.5. The van der Waals surface area contributed by atoms with Crippen molar-refractivity contribution in [2.24, 2.45) is 23.0 Å². The molecule has 1 aromatic rings. The van der Waals surface area contributed by atoms with Crippen molar-refractivity contribution in [2.75, 3.05) is 33.4 Å². The van der Waals surface area contributed by atoms with Crippen molar-refractivity contribution < 1.29 is 24.5 Å². The molecule has 7 atom stereocenters. The number of phenolic OH excluding ortho intramolecular Hbond substituents is 1. The first-order valence-electron chi connectivity index (χ1n) is 13.4. The molecule has 8 nitrogen and oxygen atoms in total. The lowest BCUT2D eigenvalue weighted by Gasteiger charge is -2.74. The number of benzene rings is 1. The van der Waals surface area contributed by atoms with Crippen molar-refractivity contribution in [1.82, 2.24) is 10.2 Å². The molecule has 2 spiro atoms. The van der Waals surface area contributed by atoms with Crippen LogP contribution >= 0.6 is 0 Å². The number of piperidine rings is 1. The number of aliphatic hydroxyl groups excluding tert-OH is 1. The second-order valence-corrected chi connectivity index (χ2v) is 12.1. The number of aliphatic hydroxyl groups is 1. The van der Waals surface area contributed by atoms with Crippen LogP contribution in [0.3, 0.4) is 0 Å². The number of hydrogen-bond donors (Lipinski definition) is 4. The maximum Gasteiger partial charge on any atom is 0.239 e. The van der Waals surface area contributed by atoms with Crippen LogP contribution in [0.2, 0.25) is 0 Å². The van der Waals surface area contributed by atoms with Gasteiger partial charge in [-0.05, 0) is 69.0 Å². The second kappa shape index (κ2) is 7.34. The van der Waals surface area contributed by atoms with Gasteiger partial charge in [-0.3, -0.25) is 9.69 Å². The minimum atomic E-state index is -0.923. The number of fused-ring (bicyclic) bond motifs is 2. The van der Waals surface area contributed by atoms with Gasteiger partial charge in [0.25, 0.3) is 0 Å². The molecule has 4 bridgehead atoms. The molecule has 1 aromatic carbocycles. The predicted molar refractivity (Wildman–Crippen MR) is 128 cm³/mol. The Balaban J connectivity index is 1.34. The third-order valence-electron chi connectivity index (χ3n) is 10.9. The lowest BCUT2D eigenvalue weighted by molar-refractivity contribution is -0.276. The minimum absolute atomic E-state index is 0.0195. The smallest absolute Gasteiger partial charge is 0.239 e. The number of carbonyl (C=O) groups excluding carboxylic acids is 1. The summed E-state index contributed by atoms with van der Waals surface area (Å²) in [5.41, 5.74) is 7.65. The summed E-state index contributed by atoms with van der Waals surface area (Å²) in [5, 5.41) is 23.2. The fourth-order valence-corrected chi connectivity index (χ4v) is 9.23. The maximum atomic E-state index is 12.5. The normalized spacial score (nSPS) is 41.3. The zero-order valence-electron chi connectivity index (χ0n) is 20.5. The molecular weight excluding hydrogens is 446 g/mol. The van der Waals surface area contributed by atoms with Crippen LogP contribution in [0.15, 0.2) is 12.1 Å². The number of nitrogens with two attached hydrogens (primary N) is 1. The van der Waals surface area contributed by atoms with E-state index in [1.165, 1.54) is 30.5 Å². The van der Waals surface area contributed by atoms with Gasteiger partial charge in [0, 0.05) is 48.6 Å². The lowest BCUT2D eigenvalue weighted by Crippen LogP contribution is -2.81. The van der Waals surface area contributed by atoms with Crippen molar-refractivity contribution in [3.63, 3.8) is 0 Å². The zero-order valence-corrected chi connectivity index (χ0v) is 20.5. The van der Waals surface area contributed by atoms with E-state index in [0.717, 1.165) is 44.6 Å². The van der Waals surface area contributed by atoms with Crippen molar-refractivity contribution in [1.29, 1.82) is 0 Å². The van der Waals surface area contributed by atoms with Gasteiger partial charge < -0.3 is 30.7 Å². The van der Waals surface area contributed by atoms with E-state index in [0.29, 0.717) is 18.3 Å². The van der Waals surface area contributed by atoms with Crippen molar-refractivity contribution in [2.45, 2.75) is 74.1 Å². The average Bonchev–Trinajstić information content (AvgIpc) is 3.61. The number of aromatic hydroxyl groups is 1. The third-order valence-corrected chi connectivity index (χ3v) is 10.9. The first kappa shape index (κ1) is 22.3. The van der Waals surface area contributed by atoms with E-state index < -0.39 is 11.6 Å². The number of ether oxygens (including phenoxy) is 2. The molecule has 5 fully saturated rings. The molecular formula is C27H37N3O5. The summed E-state index contributed by atoms with van der Waals surface area (Å²) in [4.78, 5) is 15.3. The van der Waals surface area contributed by atoms with Crippen LogP contribution < -0.4 is 15.8 Å². The third kappa shape index (κ3) is 2.64. The molecule has 0 radical (unpaired) electrons. The van der Waals surface area contributed by atoms with Crippen LogP contribution in [-0.4, -0.2) is 78.2 Å². The Bertz CT molecular complexity index is 1080. The van der Waals surface area contributed by atoms with Crippen molar-refractivity contribution in [3.8, 4) is 11.5 Å². The van der Waals surface area contributed by atoms with Gasteiger partial charge in [-0.15, -0.1) is 0 Å². The van der Waals surface area contributed by atoms with Gasteiger partial charge in [0.15, 0.2) is 11.5 Å². The second-order valence-electron chi connectivity index (χ2n) is 12.1. The highest BCUT2D eigenvalue weighted by atomic mass is 16.6. The number of amides is 1. The van der Waals surface area contributed by atoms with E-state index in [9.17, 15) is 15.0 Å². The molecule has 1 saturated heterocycles. The highest BCUT2D eigenvalue weighted by molar-refractivity contribution is 5.81. The number of likely N-dealkylation sites (tertiary alicyclic amines) is 1. The summed E-state index contributed by atoms with van der Waals surface area (Å²) < 4.78 is 13.2. The van der Waals surface area contributed by atoms with Gasteiger partial charge in [0.1, 0.15) is 17.7 Å². The molecule has 190 valence electrons. The average molecular weight is 484 g/mol. The Labute approximate surface area is 206 Å². The van der Waals surface area contributed by atoms with E-state index in [2.05, 4.69) is 16.3 Å². The topological polar surface area (TPSA) is 117 Å². The number of methoxy groups -OCH3 is 1. The summed E-state index contributed by atoms with van der Waals surface area (Å²) in [6.45, 7) is 2.31. The Morgan fingerprint density at radius 3 is 2.91 bits per heavy atom. The summed E-state index contributed by atoms with van der Waals surface area (Å²) >= 11 is 0. The number of nitrogens with zero attached hydrogens (tertiary/aromatic N) is 1. The molecule has 35 heavy (non-hydrogen) atoms. The molecule has 2 aliphatic heterocycles. The van der Waals surface area contributed by atoms with E-state index >= 15 is 0 Å². The fourth-order valence-electron chi connectivity index (χ4n) is 9.23. The predicted octanol–water partition coefficient (Wildman–Crippen LogP) is 1.05. The summed E-state index contributed by atoms with van der Waals surface area (Å²) in [7, 11) is 1.78. The quantitative estimate of drug-likeness (QED) is 0.458. The molecule has 0 aromatic heterocycles. The number of nitrogens with one attached hydrogen (secondary N) is 1. The fraction of sp³-hybridized carbons (Fsp3) is 0.741. The highest BCUT2D eigenvalue weighted by Gasteiger charge is 2.80. The van der Waals surface area contributed by atoms with E-state index in [-0.39, 0.29) is 41.1 Å². The van der Waals surface area contributed by atoms with Gasteiger partial charge >= 0.3 is 0 Å². The summed E-state index contributed by atoms with van der Waals surface area (Å²) in [5.74, 6) is 1.46. The van der Waals surface area contributed by atoms with Crippen molar-refractivity contribution in [3.05, 3.63) is 23.3 Å². The van der Waals surface area contributed by atoms with E-state index in [1.807, 2.05) is 0 Å². The molecule has 1 amide bonds. The van der Waals surface area contributed by atoms with Crippen LogP contribution in [0.1, 0.15) is 49.7 Å². The Hall–Kier alpha value is -1.87. The first-order valence-corrected chi connectivity index (χ1v) is 13.4. The summed E-state index contributed by atoms with van der Waals surface area (Å²) in [6, 6.07) is 3.43. The Morgan fingerprint density at radius 2 is 2.17 bits per heavy atom. The van der Waals surface area contributed by atoms with Crippen LogP contribution in [0.5, 0.6) is 11.5 Å². The monoisotopic (exact) mass is 483 g/mol. The van der Waals surface area contributed by atoms with Gasteiger partial charge in [0.05, 0.1) is 6.61 Å². The first-order chi connectivity index (χ1) is 16.9. The van der Waals surface area contributed by atoms with Crippen LogP contribution in [0.25, 0.3) is 0 Å². The Kier molecular flexibility index (Phi) is 4.68. The number of phenols is 1. The molecule has 8 rings (SSSR count). The van der Waals surface area contributed by atoms with Gasteiger partial charge in [-0.25, -0.2) is 0 Å². The van der Waals surface area contributed by atoms with Crippen molar-refractivity contribution >= 4 is 5.91 Å².